The summed E-state index contributed by atoms with van der Waals surface area (Å²) in [5, 5.41) is 51.8. The Morgan fingerprint density at radius 1 is 1.15 bits per heavy atom. The van der Waals surface area contributed by atoms with Gasteiger partial charge >= 0.3 is 12.1 Å². The van der Waals surface area contributed by atoms with Crippen LogP contribution in [0.25, 0.3) is 0 Å². The summed E-state index contributed by atoms with van der Waals surface area (Å²) in [5.74, 6) is -0.326. The fourth-order valence-electron chi connectivity index (χ4n) is 2.84. The maximum atomic E-state index is 12.3. The quantitative estimate of drug-likeness (QED) is 0.0562. The van der Waals surface area contributed by atoms with Gasteiger partial charge in [0.05, 0.1) is 23.7 Å². The van der Waals surface area contributed by atoms with Crippen molar-refractivity contribution in [2.45, 2.75) is 56.3 Å². The number of carbonyl (C=O) groups excluding carboxylic acids is 2. The molecule has 0 radical (unpaired) electrons. The molecule has 18 heteroatoms. The van der Waals surface area contributed by atoms with Crippen LogP contribution in [-0.2, 0) is 9.47 Å². The molecule has 0 saturated carbocycles. The number of alkyl halides is 2. The average Bonchev–Trinajstić information content (AvgIpc) is 2.80. The lowest BCUT2D eigenvalue weighted by Crippen LogP contribution is -2.76. The van der Waals surface area contributed by atoms with Crippen LogP contribution in [0.2, 0.25) is 0 Å². The van der Waals surface area contributed by atoms with Crippen LogP contribution in [0, 0.1) is 9.81 Å². The van der Waals surface area contributed by atoms with Crippen LogP contribution in [0.4, 0.5) is 9.59 Å². The lowest BCUT2D eigenvalue weighted by atomic mass is 9.92. The number of nitrogens with one attached hydrogen (secondary N) is 2. The Kier molecular flexibility index (Phi) is 12.8. The second-order valence-electron chi connectivity index (χ2n) is 7.03. The summed E-state index contributed by atoms with van der Waals surface area (Å²) < 4.78 is 10.8. The molecule has 6 atom stereocenters. The lowest BCUT2D eigenvalue weighted by Gasteiger charge is -2.48. The van der Waals surface area contributed by atoms with Crippen LogP contribution in [0.1, 0.15) is 19.8 Å². The van der Waals surface area contributed by atoms with Crippen LogP contribution < -0.4 is 10.6 Å². The molecule has 34 heavy (non-hydrogen) atoms. The molecule has 1 aliphatic heterocycles. The van der Waals surface area contributed by atoms with E-state index in [-0.39, 0.29) is 31.5 Å². The van der Waals surface area contributed by atoms with Gasteiger partial charge in [-0.15, -0.1) is 33.0 Å². The van der Waals surface area contributed by atoms with Crippen molar-refractivity contribution in [3.63, 3.8) is 0 Å². The second kappa shape index (κ2) is 14.5. The van der Waals surface area contributed by atoms with Gasteiger partial charge in [-0.1, -0.05) is 13.3 Å². The van der Waals surface area contributed by atoms with E-state index in [4.69, 9.17) is 32.7 Å². The third kappa shape index (κ3) is 7.54. The first-order valence-corrected chi connectivity index (χ1v) is 11.2. The summed E-state index contributed by atoms with van der Waals surface area (Å²) in [5.41, 5.74) is -2.82. The van der Waals surface area contributed by atoms with E-state index in [9.17, 15) is 39.8 Å². The zero-order valence-electron chi connectivity index (χ0n) is 18.1. The van der Waals surface area contributed by atoms with Crippen LogP contribution in [0.15, 0.2) is 10.6 Å². The fourth-order valence-corrected chi connectivity index (χ4v) is 3.16. The fraction of sp³-hybridized carbons (Fsp3) is 0.875. The zero-order valence-corrected chi connectivity index (χ0v) is 19.6. The Hall–Kier alpha value is -1.92. The van der Waals surface area contributed by atoms with Gasteiger partial charge in [0.1, 0.15) is 18.3 Å². The summed E-state index contributed by atoms with van der Waals surface area (Å²) in [7, 11) is 0. The van der Waals surface area contributed by atoms with E-state index in [1.165, 1.54) is 0 Å². The van der Waals surface area contributed by atoms with Gasteiger partial charge in [0, 0.05) is 18.4 Å². The Balaban J connectivity index is 3.12. The number of ether oxygens (including phenoxy) is 2. The second-order valence-corrected chi connectivity index (χ2v) is 7.79. The van der Waals surface area contributed by atoms with Crippen LogP contribution >= 0.6 is 23.2 Å². The molecule has 1 aliphatic rings. The number of nitrogens with zero attached hydrogens (tertiary/aromatic N) is 4. The molecule has 1 fully saturated rings. The Labute approximate surface area is 203 Å². The molecule has 6 N–H and O–H groups in total. The van der Waals surface area contributed by atoms with Crippen LogP contribution in [0.5, 0.6) is 0 Å². The standard InChI is InChI=1S/C16H28Cl2N6O10/c1-2-3-8-33-13-16(30,20-15(29)24(22-32)7-5-18)11(26)9(25)10(34-13)12(27)19-14(28)23(21-31)6-4-17/h9-13,25-27,30H,2-8H2,1H3,(H,19,28)(H,20,29)/t9-,10+,11+,12?,13+,16-/m1/s1. The number of aliphatic hydroxyl groups excluding tert-OH is 3. The van der Waals surface area contributed by atoms with E-state index in [1.54, 1.807) is 0 Å². The Morgan fingerprint density at radius 2 is 1.71 bits per heavy atom. The van der Waals surface area contributed by atoms with Crippen molar-refractivity contribution in [2.75, 3.05) is 31.5 Å². The number of hydrogen-bond donors (Lipinski definition) is 6. The molecule has 0 aromatic rings. The van der Waals surface area contributed by atoms with Gasteiger partial charge in [0.25, 0.3) is 0 Å². The van der Waals surface area contributed by atoms with Crippen molar-refractivity contribution < 1.29 is 39.5 Å². The number of urea groups is 2. The molecule has 0 bridgehead atoms. The first-order chi connectivity index (χ1) is 16.1. The highest BCUT2D eigenvalue weighted by Gasteiger charge is 2.58. The minimum atomic E-state index is -2.82. The molecule has 1 heterocycles. The van der Waals surface area contributed by atoms with Crippen molar-refractivity contribution in [3.8, 4) is 0 Å². The molecule has 16 nitrogen and oxygen atoms in total. The highest BCUT2D eigenvalue weighted by molar-refractivity contribution is 6.18. The monoisotopic (exact) mass is 534 g/mol. The molecule has 0 spiro atoms. The molecular weight excluding hydrogens is 507 g/mol. The Bertz CT molecular complexity index is 695. The lowest BCUT2D eigenvalue weighted by molar-refractivity contribution is -0.354. The number of hydrogen-bond acceptors (Lipinski definition) is 12. The summed E-state index contributed by atoms with van der Waals surface area (Å²) >= 11 is 10.9. The average molecular weight is 535 g/mol. The molecular formula is C16H28Cl2N6O10. The predicted octanol–water partition coefficient (Wildman–Crippen LogP) is -0.880. The molecule has 1 saturated heterocycles. The number of nitroso groups, excluding NO2 is 2. The van der Waals surface area contributed by atoms with E-state index in [2.05, 4.69) is 10.6 Å². The third-order valence-electron chi connectivity index (χ3n) is 4.67. The largest absolute Gasteiger partial charge is 0.387 e. The minimum absolute atomic E-state index is 0.0484. The number of unbranched alkanes of at least 4 members (excludes halogenated alkanes) is 1. The maximum absolute atomic E-state index is 12.3. The summed E-state index contributed by atoms with van der Waals surface area (Å²) in [4.78, 5) is 46.0. The highest BCUT2D eigenvalue weighted by atomic mass is 35.5. The van der Waals surface area contributed by atoms with Crippen LogP contribution in [-0.4, -0.2) is 111 Å². The normalized spacial score (nSPS) is 27.4. The minimum Gasteiger partial charge on any atom is -0.387 e. The van der Waals surface area contributed by atoms with Crippen molar-refractivity contribution in [2.24, 2.45) is 10.6 Å². The smallest absolute Gasteiger partial charge is 0.342 e. The Morgan fingerprint density at radius 3 is 2.21 bits per heavy atom. The molecule has 4 amide bonds. The van der Waals surface area contributed by atoms with E-state index >= 15 is 0 Å². The zero-order chi connectivity index (χ0) is 25.9. The molecule has 1 unspecified atom stereocenters. The first kappa shape index (κ1) is 30.1. The molecule has 0 aromatic heterocycles. The van der Waals surface area contributed by atoms with Crippen molar-refractivity contribution in [3.05, 3.63) is 9.81 Å². The summed E-state index contributed by atoms with van der Waals surface area (Å²) in [6.07, 6.45) is -9.03. The third-order valence-corrected chi connectivity index (χ3v) is 5.00. The topological polar surface area (TPSA) is 223 Å². The van der Waals surface area contributed by atoms with Crippen molar-refractivity contribution >= 4 is 35.3 Å². The van der Waals surface area contributed by atoms with E-state index in [0.717, 1.165) is 0 Å². The summed E-state index contributed by atoms with van der Waals surface area (Å²) in [6, 6.07) is -2.49. The number of rotatable bonds is 13. The predicted molar refractivity (Wildman–Crippen MR) is 116 cm³/mol. The maximum Gasteiger partial charge on any atom is 0.342 e. The van der Waals surface area contributed by atoms with E-state index in [0.29, 0.717) is 22.9 Å². The van der Waals surface area contributed by atoms with E-state index < -0.39 is 48.6 Å². The SMILES string of the molecule is CCCCO[C@H]1O[C@H](C(O)NC(=O)N(CCCl)N=O)[C@@H](O)[C@H](O)[C@]1(O)NC(=O)N(CCCl)N=O. The van der Waals surface area contributed by atoms with Crippen molar-refractivity contribution in [1.29, 1.82) is 0 Å². The van der Waals surface area contributed by atoms with E-state index in [1.807, 2.05) is 17.6 Å². The van der Waals surface area contributed by atoms with Gasteiger partial charge in [-0.05, 0) is 6.42 Å². The van der Waals surface area contributed by atoms with Gasteiger partial charge < -0.3 is 40.5 Å². The van der Waals surface area contributed by atoms with Crippen molar-refractivity contribution in [1.82, 2.24) is 20.7 Å². The highest BCUT2D eigenvalue weighted by Crippen LogP contribution is 2.31. The number of amides is 4. The number of aliphatic hydroxyl groups is 4. The molecule has 0 aliphatic carbocycles. The van der Waals surface area contributed by atoms with Gasteiger partial charge in [0.2, 0.25) is 12.0 Å². The van der Waals surface area contributed by atoms with Crippen LogP contribution in [0.3, 0.4) is 0 Å². The van der Waals surface area contributed by atoms with Gasteiger partial charge in [-0.3, -0.25) is 0 Å². The first-order valence-electron chi connectivity index (χ1n) is 10.1. The summed E-state index contributed by atoms with van der Waals surface area (Å²) in [6.45, 7) is 1.14. The molecule has 0 aromatic carbocycles. The van der Waals surface area contributed by atoms with Gasteiger partial charge in [-0.2, -0.15) is 10.0 Å². The molecule has 196 valence electrons. The molecule has 1 rings (SSSR count). The number of halogens is 2. The number of carbonyl (C=O) groups is 2. The van der Waals surface area contributed by atoms with Gasteiger partial charge in [0.15, 0.2) is 6.23 Å². The van der Waals surface area contributed by atoms with Gasteiger partial charge in [-0.25, -0.2) is 9.59 Å².